The topological polar surface area (TPSA) is 6.48 Å². The van der Waals surface area contributed by atoms with Gasteiger partial charge in [-0.05, 0) is 37.9 Å². The number of hydrogen-bond acceptors (Lipinski definition) is 2. The van der Waals surface area contributed by atoms with E-state index in [1.807, 2.05) is 12.1 Å². The summed E-state index contributed by atoms with van der Waals surface area (Å²) in [4.78, 5) is 5.25. The average Bonchev–Trinajstić information content (AvgIpc) is 2.79. The first-order valence-corrected chi connectivity index (χ1v) is 7.33. The van der Waals surface area contributed by atoms with E-state index in [1.165, 1.54) is 38.0 Å². The van der Waals surface area contributed by atoms with E-state index >= 15 is 0 Å². The summed E-state index contributed by atoms with van der Waals surface area (Å²) in [7, 11) is 0. The minimum atomic E-state index is 0.635. The zero-order chi connectivity index (χ0) is 12.5. The number of piperazine rings is 1. The molecule has 0 spiro atoms. The van der Waals surface area contributed by atoms with Gasteiger partial charge in [-0.15, -0.1) is 0 Å². The van der Waals surface area contributed by atoms with Crippen LogP contribution in [-0.4, -0.2) is 41.5 Å². The maximum atomic E-state index is 6.27. The summed E-state index contributed by atoms with van der Waals surface area (Å²) in [6.07, 6.45) is 2.74. The van der Waals surface area contributed by atoms with Crippen molar-refractivity contribution >= 4 is 11.6 Å². The molecule has 0 aliphatic carbocycles. The summed E-state index contributed by atoms with van der Waals surface area (Å²) in [5.74, 6) is 0. The molecule has 1 aromatic carbocycles. The lowest BCUT2D eigenvalue weighted by atomic mass is 10.1. The maximum absolute atomic E-state index is 6.27. The molecular weight excluding hydrogens is 244 g/mol. The molecule has 0 saturated carbocycles. The van der Waals surface area contributed by atoms with E-state index in [1.54, 1.807) is 0 Å². The third-order valence-corrected chi connectivity index (χ3v) is 4.77. The second-order valence-corrected chi connectivity index (χ2v) is 6.07. The Morgan fingerprint density at radius 3 is 2.94 bits per heavy atom. The largest absolute Gasteiger partial charge is 0.298 e. The molecule has 2 nitrogen and oxygen atoms in total. The molecule has 18 heavy (non-hydrogen) atoms. The molecule has 3 heteroatoms. The van der Waals surface area contributed by atoms with Crippen molar-refractivity contribution in [1.82, 2.24) is 9.80 Å². The first-order chi connectivity index (χ1) is 8.74. The van der Waals surface area contributed by atoms with Gasteiger partial charge in [0.15, 0.2) is 0 Å². The summed E-state index contributed by atoms with van der Waals surface area (Å²) in [5.41, 5.74) is 1.26. The highest BCUT2D eigenvalue weighted by atomic mass is 35.5. The summed E-state index contributed by atoms with van der Waals surface area (Å²) >= 11 is 6.27. The van der Waals surface area contributed by atoms with Gasteiger partial charge >= 0.3 is 0 Å². The standard InChI is InChI=1S/C15H21ClN2/c1-12-9-17-8-4-6-14(17)11-18(12)10-13-5-2-3-7-15(13)16/h2-3,5,7,12,14H,4,6,8-11H2,1H3/t12-,14-/m0/s1. The third kappa shape index (κ3) is 2.42. The number of fused-ring (bicyclic) bond motifs is 1. The zero-order valence-corrected chi connectivity index (χ0v) is 11.7. The lowest BCUT2D eigenvalue weighted by Gasteiger charge is -2.42. The van der Waals surface area contributed by atoms with E-state index in [0.717, 1.165) is 17.6 Å². The molecule has 1 aromatic rings. The zero-order valence-electron chi connectivity index (χ0n) is 11.0. The van der Waals surface area contributed by atoms with Crippen LogP contribution in [0.5, 0.6) is 0 Å². The summed E-state index contributed by atoms with van der Waals surface area (Å²) < 4.78 is 0. The normalized spacial score (nSPS) is 29.4. The van der Waals surface area contributed by atoms with Crippen molar-refractivity contribution in [2.24, 2.45) is 0 Å². The van der Waals surface area contributed by atoms with Crippen LogP contribution < -0.4 is 0 Å². The lowest BCUT2D eigenvalue weighted by molar-refractivity contribution is 0.0540. The minimum absolute atomic E-state index is 0.635. The fraction of sp³-hybridized carbons (Fsp3) is 0.600. The van der Waals surface area contributed by atoms with Gasteiger partial charge in [-0.1, -0.05) is 29.8 Å². The van der Waals surface area contributed by atoms with E-state index in [9.17, 15) is 0 Å². The Morgan fingerprint density at radius 2 is 2.11 bits per heavy atom. The number of rotatable bonds is 2. The van der Waals surface area contributed by atoms with Gasteiger partial charge in [0.05, 0.1) is 0 Å². The highest BCUT2D eigenvalue weighted by Crippen LogP contribution is 2.27. The van der Waals surface area contributed by atoms with Crippen molar-refractivity contribution in [2.75, 3.05) is 19.6 Å². The van der Waals surface area contributed by atoms with Gasteiger partial charge in [0.1, 0.15) is 0 Å². The van der Waals surface area contributed by atoms with Crippen LogP contribution in [0.1, 0.15) is 25.3 Å². The smallest absolute Gasteiger partial charge is 0.0451 e. The molecule has 2 atom stereocenters. The SMILES string of the molecule is C[C@H]1CN2CCC[C@H]2CN1Cc1ccccc1Cl. The second-order valence-electron chi connectivity index (χ2n) is 5.66. The van der Waals surface area contributed by atoms with E-state index in [0.29, 0.717) is 6.04 Å². The van der Waals surface area contributed by atoms with Crippen molar-refractivity contribution in [1.29, 1.82) is 0 Å². The van der Waals surface area contributed by atoms with Crippen molar-refractivity contribution in [3.05, 3.63) is 34.9 Å². The molecule has 0 radical (unpaired) electrons. The molecule has 2 heterocycles. The van der Waals surface area contributed by atoms with E-state index in [2.05, 4.69) is 28.9 Å². The van der Waals surface area contributed by atoms with Crippen LogP contribution in [0, 0.1) is 0 Å². The molecule has 98 valence electrons. The van der Waals surface area contributed by atoms with Gasteiger partial charge in [0.2, 0.25) is 0 Å². The molecule has 2 aliphatic heterocycles. The predicted octanol–water partition coefficient (Wildman–Crippen LogP) is 3.01. The Balaban J connectivity index is 1.71. The van der Waals surface area contributed by atoms with E-state index in [4.69, 9.17) is 11.6 Å². The second kappa shape index (κ2) is 5.20. The molecule has 0 bridgehead atoms. The maximum Gasteiger partial charge on any atom is 0.0451 e. The summed E-state index contributed by atoms with van der Waals surface area (Å²) in [6, 6.07) is 9.64. The first-order valence-electron chi connectivity index (χ1n) is 6.95. The number of hydrogen-bond donors (Lipinski definition) is 0. The van der Waals surface area contributed by atoms with Gasteiger partial charge < -0.3 is 0 Å². The van der Waals surface area contributed by atoms with Crippen LogP contribution >= 0.6 is 11.6 Å². The predicted molar refractivity (Wildman–Crippen MR) is 75.9 cm³/mol. The third-order valence-electron chi connectivity index (χ3n) is 4.40. The molecular formula is C15H21ClN2. The highest BCUT2D eigenvalue weighted by molar-refractivity contribution is 6.31. The quantitative estimate of drug-likeness (QED) is 0.810. The number of nitrogens with zero attached hydrogens (tertiary/aromatic N) is 2. The van der Waals surface area contributed by atoms with Gasteiger partial charge in [0.25, 0.3) is 0 Å². The van der Waals surface area contributed by atoms with Crippen molar-refractivity contribution in [3.8, 4) is 0 Å². The number of benzene rings is 1. The molecule has 0 amide bonds. The van der Waals surface area contributed by atoms with E-state index < -0.39 is 0 Å². The Bertz CT molecular complexity index is 421. The molecule has 2 fully saturated rings. The van der Waals surface area contributed by atoms with Gasteiger partial charge in [-0.2, -0.15) is 0 Å². The molecule has 2 aliphatic rings. The molecule has 0 N–H and O–H groups in total. The van der Waals surface area contributed by atoms with Crippen LogP contribution in [0.2, 0.25) is 5.02 Å². The Hall–Kier alpha value is -0.570. The van der Waals surface area contributed by atoms with Gasteiger partial charge in [-0.25, -0.2) is 0 Å². The Morgan fingerprint density at radius 1 is 1.28 bits per heavy atom. The van der Waals surface area contributed by atoms with E-state index in [-0.39, 0.29) is 0 Å². The van der Waals surface area contributed by atoms with Crippen LogP contribution in [0.15, 0.2) is 24.3 Å². The summed E-state index contributed by atoms with van der Waals surface area (Å²) in [5, 5.41) is 0.901. The van der Waals surface area contributed by atoms with Crippen molar-refractivity contribution in [2.45, 2.75) is 38.4 Å². The molecule has 3 rings (SSSR count). The molecule has 0 aromatic heterocycles. The van der Waals surface area contributed by atoms with Crippen LogP contribution in [0.3, 0.4) is 0 Å². The molecule has 0 unspecified atom stereocenters. The van der Waals surface area contributed by atoms with Crippen LogP contribution in [-0.2, 0) is 6.54 Å². The summed E-state index contributed by atoms with van der Waals surface area (Å²) in [6.45, 7) is 7.05. The average molecular weight is 265 g/mol. The van der Waals surface area contributed by atoms with Gasteiger partial charge in [-0.3, -0.25) is 9.80 Å². The van der Waals surface area contributed by atoms with Crippen LogP contribution in [0.4, 0.5) is 0 Å². The van der Waals surface area contributed by atoms with Crippen molar-refractivity contribution in [3.63, 3.8) is 0 Å². The Labute approximate surface area is 115 Å². The number of halogens is 1. The molecule has 2 saturated heterocycles. The first kappa shape index (κ1) is 12.5. The fourth-order valence-corrected chi connectivity index (χ4v) is 3.51. The van der Waals surface area contributed by atoms with Crippen molar-refractivity contribution < 1.29 is 0 Å². The highest BCUT2D eigenvalue weighted by Gasteiger charge is 2.34. The minimum Gasteiger partial charge on any atom is -0.298 e. The lowest BCUT2D eigenvalue weighted by Crippen LogP contribution is -2.54. The van der Waals surface area contributed by atoms with Crippen LogP contribution in [0.25, 0.3) is 0 Å². The Kier molecular flexibility index (Phi) is 3.60. The fourth-order valence-electron chi connectivity index (χ4n) is 3.31. The monoisotopic (exact) mass is 264 g/mol. The van der Waals surface area contributed by atoms with Gasteiger partial charge in [0, 0.05) is 36.7 Å².